The third-order valence-corrected chi connectivity index (χ3v) is 8.76. The smallest absolute Gasteiger partial charge is 0.253 e. The second-order valence-electron chi connectivity index (χ2n) is 8.80. The summed E-state index contributed by atoms with van der Waals surface area (Å²) in [6.07, 6.45) is 3.21. The lowest BCUT2D eigenvalue weighted by Gasteiger charge is -2.44. The van der Waals surface area contributed by atoms with E-state index in [2.05, 4.69) is 5.10 Å². The number of nitrogens with zero attached hydrogens (tertiary/aromatic N) is 3. The number of benzene rings is 2. The number of carbonyl (C=O) groups excluding carboxylic acids is 1. The van der Waals surface area contributed by atoms with Crippen molar-refractivity contribution < 1.29 is 17.9 Å². The van der Waals surface area contributed by atoms with Gasteiger partial charge in [-0.15, -0.1) is 0 Å². The molecule has 0 saturated carbocycles. The fourth-order valence-corrected chi connectivity index (χ4v) is 6.15. The molecule has 0 radical (unpaired) electrons. The van der Waals surface area contributed by atoms with Gasteiger partial charge < -0.3 is 9.64 Å². The highest BCUT2D eigenvalue weighted by Gasteiger charge is 2.45. The first-order valence-corrected chi connectivity index (χ1v) is 12.8. The molecule has 8 heteroatoms. The van der Waals surface area contributed by atoms with Crippen LogP contribution in [0.15, 0.2) is 53.6 Å². The molecule has 1 fully saturated rings. The van der Waals surface area contributed by atoms with Crippen LogP contribution in [0.2, 0.25) is 0 Å². The van der Waals surface area contributed by atoms with E-state index >= 15 is 0 Å². The Morgan fingerprint density at radius 1 is 1.15 bits per heavy atom. The van der Waals surface area contributed by atoms with E-state index in [1.54, 1.807) is 32.0 Å². The van der Waals surface area contributed by atoms with Crippen LogP contribution >= 0.6 is 0 Å². The van der Waals surface area contributed by atoms with Gasteiger partial charge in [0.25, 0.3) is 5.91 Å². The van der Waals surface area contributed by atoms with Crippen LogP contribution in [0.1, 0.15) is 41.3 Å². The molecular formula is C25H27N3O4S. The first-order valence-electron chi connectivity index (χ1n) is 11.2. The topological polar surface area (TPSA) is 81.5 Å². The molecule has 0 bridgehead atoms. The Balaban J connectivity index is 1.39. The summed E-state index contributed by atoms with van der Waals surface area (Å²) >= 11 is 0. The quantitative estimate of drug-likeness (QED) is 0.589. The molecule has 1 saturated heterocycles. The number of sulfone groups is 1. The zero-order chi connectivity index (χ0) is 23.4. The number of ether oxygens (including phenoxy) is 1. The summed E-state index contributed by atoms with van der Waals surface area (Å²) in [5.74, 6) is 0.794. The van der Waals surface area contributed by atoms with Crippen molar-refractivity contribution in [2.45, 2.75) is 37.2 Å². The summed E-state index contributed by atoms with van der Waals surface area (Å²) in [6.45, 7) is 4.45. The molecule has 1 amide bonds. The van der Waals surface area contributed by atoms with Gasteiger partial charge in [0, 0.05) is 49.7 Å². The first kappa shape index (κ1) is 21.7. The number of para-hydroxylation sites is 1. The highest BCUT2D eigenvalue weighted by molar-refractivity contribution is 7.91. The SMILES string of the molecule is CCS(=O)(=O)c1ccc(C(=O)N2CCC3(CC2)Oc2ccccc2-c2c3cnn2C)cc1C. The largest absolute Gasteiger partial charge is 0.482 e. The van der Waals surface area contributed by atoms with Gasteiger partial charge in [-0.2, -0.15) is 5.10 Å². The van der Waals surface area contributed by atoms with Gasteiger partial charge in [0.05, 0.1) is 22.5 Å². The summed E-state index contributed by atoms with van der Waals surface area (Å²) in [4.78, 5) is 15.3. The third kappa shape index (κ3) is 3.44. The molecular weight excluding hydrogens is 438 g/mol. The Kier molecular flexibility index (Phi) is 5.08. The van der Waals surface area contributed by atoms with Crippen LogP contribution in [-0.2, 0) is 22.5 Å². The Hall–Kier alpha value is -3.13. The van der Waals surface area contributed by atoms with Crippen LogP contribution in [0.25, 0.3) is 11.3 Å². The van der Waals surface area contributed by atoms with Gasteiger partial charge in [-0.1, -0.05) is 19.1 Å². The molecule has 1 aromatic heterocycles. The predicted octanol–water partition coefficient (Wildman–Crippen LogP) is 3.71. The number of hydrogen-bond donors (Lipinski definition) is 0. The lowest BCUT2D eigenvalue weighted by Crippen LogP contribution is -2.49. The lowest BCUT2D eigenvalue weighted by atomic mass is 9.81. The number of fused-ring (bicyclic) bond motifs is 4. The third-order valence-electron chi connectivity index (χ3n) is 6.87. The maximum Gasteiger partial charge on any atom is 0.253 e. The lowest BCUT2D eigenvalue weighted by molar-refractivity contribution is -0.00173. The van der Waals surface area contributed by atoms with Gasteiger partial charge >= 0.3 is 0 Å². The number of carbonyl (C=O) groups is 1. The second kappa shape index (κ2) is 7.73. The van der Waals surface area contributed by atoms with Gasteiger partial charge in [0.2, 0.25) is 0 Å². The van der Waals surface area contributed by atoms with E-state index in [0.717, 1.165) is 22.6 Å². The fourth-order valence-electron chi connectivity index (χ4n) is 5.02. The Morgan fingerprint density at radius 3 is 2.58 bits per heavy atom. The molecule has 33 heavy (non-hydrogen) atoms. The summed E-state index contributed by atoms with van der Waals surface area (Å²) in [6, 6.07) is 12.9. The van der Waals surface area contributed by atoms with E-state index in [1.807, 2.05) is 47.1 Å². The van der Waals surface area contributed by atoms with Crippen molar-refractivity contribution in [2.75, 3.05) is 18.8 Å². The van der Waals surface area contributed by atoms with E-state index in [4.69, 9.17) is 4.74 Å². The van der Waals surface area contributed by atoms with Crippen LogP contribution in [0.5, 0.6) is 5.75 Å². The minimum Gasteiger partial charge on any atom is -0.482 e. The Morgan fingerprint density at radius 2 is 1.88 bits per heavy atom. The van der Waals surface area contributed by atoms with Crippen molar-refractivity contribution in [1.29, 1.82) is 0 Å². The van der Waals surface area contributed by atoms with Crippen LogP contribution in [0, 0.1) is 6.92 Å². The van der Waals surface area contributed by atoms with Gasteiger partial charge in [-0.05, 0) is 42.8 Å². The van der Waals surface area contributed by atoms with Crippen LogP contribution in [0.3, 0.4) is 0 Å². The zero-order valence-electron chi connectivity index (χ0n) is 19.0. The summed E-state index contributed by atoms with van der Waals surface area (Å²) in [5.41, 5.74) is 3.78. The Labute approximate surface area is 193 Å². The minimum atomic E-state index is -3.32. The molecule has 7 nitrogen and oxygen atoms in total. The van der Waals surface area contributed by atoms with E-state index < -0.39 is 15.4 Å². The van der Waals surface area contributed by atoms with Crippen molar-refractivity contribution >= 4 is 15.7 Å². The molecule has 3 heterocycles. The molecule has 1 spiro atoms. The van der Waals surface area contributed by atoms with Crippen molar-refractivity contribution in [3.05, 3.63) is 65.4 Å². The molecule has 0 unspecified atom stereocenters. The number of hydrogen-bond acceptors (Lipinski definition) is 5. The van der Waals surface area contributed by atoms with Gasteiger partial charge in [0.15, 0.2) is 9.84 Å². The molecule has 0 aliphatic carbocycles. The fraction of sp³-hybridized carbons (Fsp3) is 0.360. The maximum atomic E-state index is 13.2. The standard InChI is InChI=1S/C25H27N3O4S/c1-4-33(30,31)22-10-9-18(15-17(22)2)24(29)28-13-11-25(12-14-28)20-16-26-27(3)23(20)19-7-5-6-8-21(19)32-25/h5-10,15-16H,4,11-14H2,1-3H3. The van der Waals surface area contributed by atoms with E-state index in [9.17, 15) is 13.2 Å². The highest BCUT2D eigenvalue weighted by Crippen LogP contribution is 2.49. The molecule has 172 valence electrons. The summed E-state index contributed by atoms with van der Waals surface area (Å²) in [7, 11) is -1.37. The summed E-state index contributed by atoms with van der Waals surface area (Å²) in [5, 5.41) is 4.50. The van der Waals surface area contributed by atoms with Crippen LogP contribution < -0.4 is 4.74 Å². The number of piperidine rings is 1. The number of rotatable bonds is 3. The molecule has 2 aliphatic heterocycles. The van der Waals surface area contributed by atoms with Crippen LogP contribution in [0.4, 0.5) is 0 Å². The van der Waals surface area contributed by atoms with Crippen molar-refractivity contribution in [3.63, 3.8) is 0 Å². The first-order chi connectivity index (χ1) is 15.8. The van der Waals surface area contributed by atoms with Crippen molar-refractivity contribution in [3.8, 4) is 17.0 Å². The molecule has 2 aliphatic rings. The molecule has 0 N–H and O–H groups in total. The molecule has 3 aromatic rings. The normalized spacial score (nSPS) is 16.8. The zero-order valence-corrected chi connectivity index (χ0v) is 19.9. The van der Waals surface area contributed by atoms with Gasteiger partial charge in [-0.3, -0.25) is 9.48 Å². The summed E-state index contributed by atoms with van der Waals surface area (Å²) < 4.78 is 33.0. The molecule has 2 aromatic carbocycles. The maximum absolute atomic E-state index is 13.2. The van der Waals surface area contributed by atoms with E-state index in [-0.39, 0.29) is 16.6 Å². The average Bonchev–Trinajstić information content (AvgIpc) is 3.22. The molecule has 5 rings (SSSR count). The molecule has 0 atom stereocenters. The number of likely N-dealkylation sites (tertiary alicyclic amines) is 1. The predicted molar refractivity (Wildman–Crippen MR) is 125 cm³/mol. The second-order valence-corrected chi connectivity index (χ2v) is 11.0. The van der Waals surface area contributed by atoms with E-state index in [1.165, 1.54) is 0 Å². The van der Waals surface area contributed by atoms with Crippen molar-refractivity contribution in [2.24, 2.45) is 7.05 Å². The number of aryl methyl sites for hydroxylation is 2. The number of amides is 1. The van der Waals surface area contributed by atoms with Gasteiger partial charge in [-0.25, -0.2) is 8.42 Å². The van der Waals surface area contributed by atoms with Crippen LogP contribution in [-0.4, -0.2) is 47.8 Å². The highest BCUT2D eigenvalue weighted by atomic mass is 32.2. The minimum absolute atomic E-state index is 0.0365. The number of aromatic nitrogens is 2. The van der Waals surface area contributed by atoms with Gasteiger partial charge in [0.1, 0.15) is 11.4 Å². The Bertz CT molecular complexity index is 1350. The van der Waals surface area contributed by atoms with Crippen molar-refractivity contribution in [1.82, 2.24) is 14.7 Å². The average molecular weight is 466 g/mol. The van der Waals surface area contributed by atoms with E-state index in [0.29, 0.717) is 37.1 Å². The monoisotopic (exact) mass is 465 g/mol.